The fourth-order valence-corrected chi connectivity index (χ4v) is 2.98. The largest absolute Gasteiger partial charge is 0.303 e. The molecule has 2 heterocycles. The molecule has 4 aromatic rings. The van der Waals surface area contributed by atoms with Gasteiger partial charge >= 0.3 is 0 Å². The van der Waals surface area contributed by atoms with Gasteiger partial charge in [-0.25, -0.2) is 4.98 Å². The molecule has 102 valence electrons. The molecule has 0 fully saturated rings. The highest BCUT2D eigenvalue weighted by atomic mass is 79.9. The summed E-state index contributed by atoms with van der Waals surface area (Å²) < 4.78 is 3.21. The fourth-order valence-electron chi connectivity index (χ4n) is 2.65. The van der Waals surface area contributed by atoms with Crippen LogP contribution in [0.1, 0.15) is 5.69 Å². The van der Waals surface area contributed by atoms with E-state index in [-0.39, 0.29) is 0 Å². The lowest BCUT2D eigenvalue weighted by Crippen LogP contribution is -1.89. The van der Waals surface area contributed by atoms with Crippen molar-refractivity contribution in [1.29, 1.82) is 0 Å². The Kier molecular flexibility index (Phi) is 2.82. The first-order valence-corrected chi connectivity index (χ1v) is 7.65. The van der Waals surface area contributed by atoms with E-state index in [0.717, 1.165) is 27.1 Å². The molecular weight excluding hydrogens is 324 g/mol. The maximum atomic E-state index is 4.73. The van der Waals surface area contributed by atoms with Gasteiger partial charge in [0.1, 0.15) is 5.65 Å². The Balaban J connectivity index is 1.93. The summed E-state index contributed by atoms with van der Waals surface area (Å²) in [6.45, 7) is 2.09. The van der Waals surface area contributed by atoms with E-state index in [1.807, 2.05) is 12.1 Å². The lowest BCUT2D eigenvalue weighted by molar-refractivity contribution is 1.08. The van der Waals surface area contributed by atoms with Crippen LogP contribution in [0.3, 0.4) is 0 Å². The van der Waals surface area contributed by atoms with Gasteiger partial charge in [-0.05, 0) is 51.8 Å². The zero-order valence-electron chi connectivity index (χ0n) is 11.5. The number of rotatable bonds is 1. The average Bonchev–Trinajstić information content (AvgIpc) is 2.95. The van der Waals surface area contributed by atoms with Gasteiger partial charge in [0.25, 0.3) is 0 Å². The van der Waals surface area contributed by atoms with E-state index in [1.165, 1.54) is 10.8 Å². The van der Waals surface area contributed by atoms with Gasteiger partial charge < -0.3 is 4.40 Å². The number of aromatic nitrogens is 2. The standard InChI is InChI=1S/C18H13BrN2/c1-12-16(19)8-9-18-20-17(11-21(12)18)15-7-6-13-4-2-3-5-14(13)10-15/h2-11H,1H3. The number of hydrogen-bond donors (Lipinski definition) is 0. The minimum Gasteiger partial charge on any atom is -0.303 e. The first-order chi connectivity index (χ1) is 10.2. The predicted molar refractivity (Wildman–Crippen MR) is 90.6 cm³/mol. The van der Waals surface area contributed by atoms with Crippen LogP contribution in [-0.2, 0) is 0 Å². The van der Waals surface area contributed by atoms with Crippen LogP contribution in [0, 0.1) is 6.92 Å². The van der Waals surface area contributed by atoms with Crippen LogP contribution in [0.4, 0.5) is 0 Å². The molecule has 0 spiro atoms. The van der Waals surface area contributed by atoms with E-state index in [4.69, 9.17) is 4.98 Å². The molecule has 4 rings (SSSR count). The molecular formula is C18H13BrN2. The number of benzene rings is 2. The summed E-state index contributed by atoms with van der Waals surface area (Å²) in [7, 11) is 0. The number of aryl methyl sites for hydroxylation is 1. The van der Waals surface area contributed by atoms with Crippen LogP contribution < -0.4 is 0 Å². The molecule has 0 N–H and O–H groups in total. The molecule has 0 aliphatic carbocycles. The highest BCUT2D eigenvalue weighted by Gasteiger charge is 2.08. The van der Waals surface area contributed by atoms with Gasteiger partial charge in [-0.1, -0.05) is 36.4 Å². The molecule has 0 atom stereocenters. The van der Waals surface area contributed by atoms with Crippen molar-refractivity contribution < 1.29 is 0 Å². The van der Waals surface area contributed by atoms with E-state index in [1.54, 1.807) is 0 Å². The first kappa shape index (κ1) is 12.6. The number of hydrogen-bond acceptors (Lipinski definition) is 1. The minimum absolute atomic E-state index is 0.971. The molecule has 2 aromatic heterocycles. The molecule has 0 saturated carbocycles. The Bertz CT molecular complexity index is 969. The summed E-state index contributed by atoms with van der Waals surface area (Å²) >= 11 is 3.57. The highest BCUT2D eigenvalue weighted by Crippen LogP contribution is 2.26. The highest BCUT2D eigenvalue weighted by molar-refractivity contribution is 9.10. The van der Waals surface area contributed by atoms with Crippen LogP contribution >= 0.6 is 15.9 Å². The summed E-state index contributed by atoms with van der Waals surface area (Å²) in [5.41, 5.74) is 4.28. The van der Waals surface area contributed by atoms with Crippen LogP contribution in [0.2, 0.25) is 0 Å². The normalized spacial score (nSPS) is 11.3. The van der Waals surface area contributed by atoms with Crippen molar-refractivity contribution in [3.8, 4) is 11.3 Å². The average molecular weight is 337 g/mol. The summed E-state index contributed by atoms with van der Waals surface area (Å²) in [6.07, 6.45) is 2.10. The molecule has 0 unspecified atom stereocenters. The van der Waals surface area contributed by atoms with Gasteiger partial charge in [0.2, 0.25) is 0 Å². The Hall–Kier alpha value is -2.13. The topological polar surface area (TPSA) is 17.3 Å². The first-order valence-electron chi connectivity index (χ1n) is 6.86. The number of pyridine rings is 1. The van der Waals surface area contributed by atoms with Crippen molar-refractivity contribution in [3.63, 3.8) is 0 Å². The van der Waals surface area contributed by atoms with Crippen molar-refractivity contribution in [2.45, 2.75) is 6.92 Å². The number of nitrogens with zero attached hydrogens (tertiary/aromatic N) is 2. The molecule has 21 heavy (non-hydrogen) atoms. The Morgan fingerprint density at radius 1 is 0.952 bits per heavy atom. The lowest BCUT2D eigenvalue weighted by atomic mass is 10.1. The number of halogens is 1. The second-order valence-corrected chi connectivity index (χ2v) is 6.04. The van der Waals surface area contributed by atoms with Crippen molar-refractivity contribution >= 4 is 32.3 Å². The zero-order valence-corrected chi connectivity index (χ0v) is 13.1. The molecule has 0 aliphatic rings. The van der Waals surface area contributed by atoms with E-state index in [0.29, 0.717) is 0 Å². The molecule has 2 aromatic carbocycles. The van der Waals surface area contributed by atoms with E-state index in [2.05, 4.69) is 75.9 Å². The summed E-state index contributed by atoms with van der Waals surface area (Å²) in [4.78, 5) is 4.73. The molecule has 0 saturated heterocycles. The monoisotopic (exact) mass is 336 g/mol. The van der Waals surface area contributed by atoms with Gasteiger partial charge in [0, 0.05) is 21.9 Å². The zero-order chi connectivity index (χ0) is 14.4. The van der Waals surface area contributed by atoms with Gasteiger partial charge in [-0.3, -0.25) is 0 Å². The summed E-state index contributed by atoms with van der Waals surface area (Å²) in [5, 5.41) is 2.49. The molecule has 0 bridgehead atoms. The van der Waals surface area contributed by atoms with Crippen LogP contribution in [-0.4, -0.2) is 9.38 Å². The molecule has 0 amide bonds. The molecule has 3 heteroatoms. The van der Waals surface area contributed by atoms with Crippen molar-refractivity contribution in [2.24, 2.45) is 0 Å². The third-order valence-corrected chi connectivity index (χ3v) is 4.70. The SMILES string of the molecule is Cc1c(Br)ccc2nc(-c3ccc4ccccc4c3)cn12. The van der Waals surface area contributed by atoms with Crippen molar-refractivity contribution in [2.75, 3.05) is 0 Å². The summed E-state index contributed by atoms with van der Waals surface area (Å²) in [5.74, 6) is 0. The Morgan fingerprint density at radius 3 is 2.62 bits per heavy atom. The van der Waals surface area contributed by atoms with Crippen LogP contribution in [0.5, 0.6) is 0 Å². The van der Waals surface area contributed by atoms with Gasteiger partial charge in [-0.2, -0.15) is 0 Å². The molecule has 2 nitrogen and oxygen atoms in total. The third kappa shape index (κ3) is 2.05. The molecule has 0 radical (unpaired) electrons. The van der Waals surface area contributed by atoms with E-state index >= 15 is 0 Å². The molecule has 0 aliphatic heterocycles. The lowest BCUT2D eigenvalue weighted by Gasteiger charge is -2.01. The van der Waals surface area contributed by atoms with Gasteiger partial charge in [-0.15, -0.1) is 0 Å². The van der Waals surface area contributed by atoms with E-state index < -0.39 is 0 Å². The second kappa shape index (κ2) is 4.71. The fraction of sp³-hybridized carbons (Fsp3) is 0.0556. The maximum Gasteiger partial charge on any atom is 0.137 e. The minimum atomic E-state index is 0.971. The maximum absolute atomic E-state index is 4.73. The quantitative estimate of drug-likeness (QED) is 0.465. The van der Waals surface area contributed by atoms with Gasteiger partial charge in [0.05, 0.1) is 5.69 Å². The van der Waals surface area contributed by atoms with Crippen molar-refractivity contribution in [3.05, 3.63) is 71.0 Å². The van der Waals surface area contributed by atoms with E-state index in [9.17, 15) is 0 Å². The van der Waals surface area contributed by atoms with Gasteiger partial charge in [0.15, 0.2) is 0 Å². The van der Waals surface area contributed by atoms with Crippen LogP contribution in [0.15, 0.2) is 65.3 Å². The second-order valence-electron chi connectivity index (χ2n) is 5.18. The predicted octanol–water partition coefficient (Wildman–Crippen LogP) is 5.23. The third-order valence-electron chi connectivity index (χ3n) is 3.86. The number of fused-ring (bicyclic) bond motifs is 2. The van der Waals surface area contributed by atoms with Crippen molar-refractivity contribution in [1.82, 2.24) is 9.38 Å². The smallest absolute Gasteiger partial charge is 0.137 e. The van der Waals surface area contributed by atoms with Crippen LogP contribution in [0.25, 0.3) is 27.7 Å². The Labute approximate surface area is 131 Å². The number of imidazole rings is 1. The summed E-state index contributed by atoms with van der Waals surface area (Å²) in [6, 6.07) is 18.9. The Morgan fingerprint density at radius 2 is 1.76 bits per heavy atom.